The monoisotopic (exact) mass is 609 g/mol. The van der Waals surface area contributed by atoms with E-state index in [2.05, 4.69) is 24.8 Å². The number of hydrogen-bond donors (Lipinski definition) is 1. The van der Waals surface area contributed by atoms with Crippen LogP contribution >= 0.6 is 0 Å². The Morgan fingerprint density at radius 3 is 2.42 bits per heavy atom. The van der Waals surface area contributed by atoms with Crippen molar-refractivity contribution in [3.05, 3.63) is 84.6 Å². The molecule has 0 radical (unpaired) electrons. The van der Waals surface area contributed by atoms with Crippen molar-refractivity contribution in [2.75, 3.05) is 36.6 Å². The fourth-order valence-electron chi connectivity index (χ4n) is 5.90. The number of unbranched alkanes of at least 4 members (excludes halogenated alkanes) is 1. The highest BCUT2D eigenvalue weighted by Gasteiger charge is 2.60. The lowest BCUT2D eigenvalue weighted by molar-refractivity contribution is -0.123. The molecule has 4 heterocycles. The predicted molar refractivity (Wildman–Crippen MR) is 167 cm³/mol. The van der Waals surface area contributed by atoms with Crippen LogP contribution in [0.5, 0.6) is 5.88 Å². The number of aromatic nitrogens is 4. The molecule has 0 bridgehead atoms. The number of piperidine rings is 1. The average molecular weight is 610 g/mol. The summed E-state index contributed by atoms with van der Waals surface area (Å²) in [5.41, 5.74) is 2.18. The Bertz CT molecular complexity index is 1670. The van der Waals surface area contributed by atoms with E-state index >= 15 is 0 Å². The molecule has 2 aromatic heterocycles. The minimum absolute atomic E-state index is 0.106. The van der Waals surface area contributed by atoms with E-state index in [-0.39, 0.29) is 17.7 Å². The lowest BCUT2D eigenvalue weighted by Gasteiger charge is -2.41. The summed E-state index contributed by atoms with van der Waals surface area (Å²) in [5.74, 6) is -0.369. The van der Waals surface area contributed by atoms with Crippen LogP contribution in [-0.4, -0.2) is 75.1 Å². The van der Waals surface area contributed by atoms with Gasteiger partial charge in [0.15, 0.2) is 0 Å². The molecular formula is C33H35N7O5. The first-order valence-corrected chi connectivity index (χ1v) is 15.1. The van der Waals surface area contributed by atoms with E-state index in [9.17, 15) is 14.4 Å². The Labute approximate surface area is 261 Å². The van der Waals surface area contributed by atoms with Crippen LogP contribution in [0.2, 0.25) is 0 Å². The number of nitrogens with zero attached hydrogens (tertiary/aromatic N) is 6. The number of benzene rings is 2. The van der Waals surface area contributed by atoms with Crippen molar-refractivity contribution in [3.8, 4) is 17.0 Å². The first kappa shape index (κ1) is 29.9. The summed E-state index contributed by atoms with van der Waals surface area (Å²) in [4.78, 5) is 62.0. The number of urea groups is 1. The number of amides is 3. The summed E-state index contributed by atoms with van der Waals surface area (Å²) in [7, 11) is 1.49. The Hall–Kier alpha value is -5.10. The van der Waals surface area contributed by atoms with Crippen LogP contribution in [0.4, 0.5) is 16.4 Å². The normalized spacial score (nSPS) is 16.4. The standard InChI is InChI=1S/C33H35N7O5/c1-3-4-20-45-29(41)28-26(35-22-36-28)21-38-18-15-33(16-19-38)30(42)39(32(43)40(33)31-34-17-14-27(37-31)44-2)25-12-10-24(11-13-25)23-8-6-5-7-9-23/h5-14,17,22H,3-4,15-16,18-21H2,1-2H3,(H,35,36). The summed E-state index contributed by atoms with van der Waals surface area (Å²) < 4.78 is 10.7. The quantitative estimate of drug-likeness (QED) is 0.152. The van der Waals surface area contributed by atoms with E-state index in [4.69, 9.17) is 9.47 Å². The Balaban J connectivity index is 1.26. The number of nitrogens with one attached hydrogen (secondary N) is 1. The maximum atomic E-state index is 14.4. The number of methoxy groups -OCH3 is 1. The molecule has 4 aromatic rings. The Morgan fingerprint density at radius 1 is 0.978 bits per heavy atom. The van der Waals surface area contributed by atoms with Gasteiger partial charge in [0.25, 0.3) is 5.91 Å². The second-order valence-electron chi connectivity index (χ2n) is 11.1. The molecule has 45 heavy (non-hydrogen) atoms. The minimum atomic E-state index is -1.20. The summed E-state index contributed by atoms with van der Waals surface area (Å²) in [6.45, 7) is 3.71. The predicted octanol–water partition coefficient (Wildman–Crippen LogP) is 4.84. The molecule has 1 spiro atoms. The number of anilines is 2. The lowest BCUT2D eigenvalue weighted by atomic mass is 9.85. The van der Waals surface area contributed by atoms with E-state index in [0.29, 0.717) is 56.2 Å². The molecule has 1 N–H and O–H groups in total. The van der Waals surface area contributed by atoms with E-state index < -0.39 is 17.5 Å². The van der Waals surface area contributed by atoms with Crippen molar-refractivity contribution in [2.45, 2.75) is 44.7 Å². The summed E-state index contributed by atoms with van der Waals surface area (Å²) >= 11 is 0. The average Bonchev–Trinajstić information content (AvgIpc) is 3.62. The van der Waals surface area contributed by atoms with Gasteiger partial charge in [-0.25, -0.2) is 29.4 Å². The van der Waals surface area contributed by atoms with Crippen molar-refractivity contribution in [1.82, 2.24) is 24.8 Å². The summed E-state index contributed by atoms with van der Waals surface area (Å²) in [5, 5.41) is 0. The van der Waals surface area contributed by atoms with Crippen LogP contribution in [-0.2, 0) is 16.1 Å². The van der Waals surface area contributed by atoms with Crippen LogP contribution in [0.3, 0.4) is 0 Å². The maximum absolute atomic E-state index is 14.4. The number of esters is 1. The minimum Gasteiger partial charge on any atom is -0.481 e. The van der Waals surface area contributed by atoms with Crippen LogP contribution < -0.4 is 14.5 Å². The third-order valence-electron chi connectivity index (χ3n) is 8.38. The van der Waals surface area contributed by atoms with Gasteiger partial charge in [-0.2, -0.15) is 4.98 Å². The molecule has 3 amide bonds. The van der Waals surface area contributed by atoms with Gasteiger partial charge in [0, 0.05) is 31.9 Å². The number of likely N-dealkylation sites (tertiary alicyclic amines) is 1. The van der Waals surface area contributed by atoms with Crippen molar-refractivity contribution in [2.24, 2.45) is 0 Å². The van der Waals surface area contributed by atoms with Crippen LogP contribution in [0.1, 0.15) is 48.8 Å². The fraction of sp³-hybridized carbons (Fsp3) is 0.333. The molecule has 12 nitrogen and oxygen atoms in total. The fourth-order valence-corrected chi connectivity index (χ4v) is 5.90. The third-order valence-corrected chi connectivity index (χ3v) is 8.38. The van der Waals surface area contributed by atoms with E-state index in [1.165, 1.54) is 29.4 Å². The SMILES string of the molecule is CCCCOC(=O)c1[nH]cnc1CN1CCC2(CC1)C(=O)N(c1ccc(-c3ccccc3)cc1)C(=O)N2c1nccc(OC)n1. The van der Waals surface area contributed by atoms with Crippen molar-refractivity contribution in [3.63, 3.8) is 0 Å². The molecule has 0 aliphatic carbocycles. The molecule has 12 heteroatoms. The molecule has 2 aromatic carbocycles. The van der Waals surface area contributed by atoms with Gasteiger partial charge in [0.1, 0.15) is 11.2 Å². The molecule has 0 atom stereocenters. The molecule has 2 saturated heterocycles. The molecule has 0 saturated carbocycles. The highest BCUT2D eigenvalue weighted by atomic mass is 16.5. The van der Waals surface area contributed by atoms with Gasteiger partial charge >= 0.3 is 12.0 Å². The molecular weight excluding hydrogens is 574 g/mol. The van der Waals surface area contributed by atoms with E-state index in [0.717, 1.165) is 24.0 Å². The molecule has 232 valence electrons. The smallest absolute Gasteiger partial charge is 0.356 e. The van der Waals surface area contributed by atoms with Crippen LogP contribution in [0.15, 0.2) is 73.2 Å². The third kappa shape index (κ3) is 5.76. The van der Waals surface area contributed by atoms with Crippen molar-refractivity contribution in [1.29, 1.82) is 0 Å². The van der Waals surface area contributed by atoms with E-state index in [1.807, 2.05) is 49.4 Å². The zero-order chi connectivity index (χ0) is 31.4. The Morgan fingerprint density at radius 2 is 1.71 bits per heavy atom. The second kappa shape index (κ2) is 12.9. The molecule has 2 aliphatic rings. The largest absolute Gasteiger partial charge is 0.481 e. The topological polar surface area (TPSA) is 134 Å². The number of hydrogen-bond acceptors (Lipinski definition) is 9. The number of carbonyl (C=O) groups excluding carboxylic acids is 3. The van der Waals surface area contributed by atoms with Crippen molar-refractivity contribution >= 4 is 29.5 Å². The molecule has 2 aliphatic heterocycles. The summed E-state index contributed by atoms with van der Waals surface area (Å²) in [6.07, 6.45) is 5.37. The molecule has 6 rings (SSSR count). The van der Waals surface area contributed by atoms with Gasteiger partial charge in [0.05, 0.1) is 31.4 Å². The lowest BCUT2D eigenvalue weighted by Crippen LogP contribution is -2.57. The molecule has 0 unspecified atom stereocenters. The number of ether oxygens (including phenoxy) is 2. The first-order valence-electron chi connectivity index (χ1n) is 15.1. The number of imide groups is 1. The Kier molecular flexibility index (Phi) is 8.56. The van der Waals surface area contributed by atoms with Crippen molar-refractivity contribution < 1.29 is 23.9 Å². The van der Waals surface area contributed by atoms with Gasteiger partial charge in [-0.3, -0.25) is 9.69 Å². The van der Waals surface area contributed by atoms with Gasteiger partial charge in [0.2, 0.25) is 11.8 Å². The molecule has 2 fully saturated rings. The number of H-pyrrole nitrogens is 1. The van der Waals surface area contributed by atoms with Gasteiger partial charge in [-0.05, 0) is 42.5 Å². The highest BCUT2D eigenvalue weighted by molar-refractivity contribution is 6.30. The highest BCUT2D eigenvalue weighted by Crippen LogP contribution is 2.42. The first-order chi connectivity index (χ1) is 21.9. The second-order valence-corrected chi connectivity index (χ2v) is 11.1. The zero-order valence-corrected chi connectivity index (χ0v) is 25.3. The number of carbonyl (C=O) groups is 3. The summed E-state index contributed by atoms with van der Waals surface area (Å²) in [6, 6.07) is 18.4. The van der Waals surface area contributed by atoms with Crippen LogP contribution in [0.25, 0.3) is 11.1 Å². The van der Waals surface area contributed by atoms with Crippen LogP contribution in [0, 0.1) is 0 Å². The zero-order valence-electron chi connectivity index (χ0n) is 25.3. The number of aromatic amines is 1. The number of imidazole rings is 1. The van der Waals surface area contributed by atoms with Gasteiger partial charge in [-0.1, -0.05) is 55.8 Å². The van der Waals surface area contributed by atoms with E-state index in [1.54, 1.807) is 18.2 Å². The maximum Gasteiger partial charge on any atom is 0.356 e. The number of rotatable bonds is 10. The van der Waals surface area contributed by atoms with Gasteiger partial charge in [-0.15, -0.1) is 0 Å². The van der Waals surface area contributed by atoms with Gasteiger partial charge < -0.3 is 14.5 Å².